The fourth-order valence-electron chi connectivity index (χ4n) is 11.5. The molecule has 10 atom stereocenters. The molecule has 0 unspecified atom stereocenters. The first-order valence-corrected chi connectivity index (χ1v) is 15.1. The zero-order valence-corrected chi connectivity index (χ0v) is 24.7. The lowest BCUT2D eigenvalue weighted by molar-refractivity contribution is -0.231. The standard InChI is InChI=1S/C32H54O4/c1-20(33)35-25-14-16-29(6)23(27(25,2)3)13-18-31(8)24(29)11-10-21-22(12-17-30(21,31)7)32(9)19-15-26(36-32)28(4,5)34/h21-26,34H,10-19H2,1-9H3/t21-,22-,23+,24-,25-,26-,29+,30-,31-,32-/m1/s1. The van der Waals surface area contributed by atoms with E-state index in [2.05, 4.69) is 41.5 Å². The third kappa shape index (κ3) is 3.62. The fraction of sp³-hybridized carbons (Fsp3) is 0.969. The lowest BCUT2D eigenvalue weighted by atomic mass is 9.35. The first-order valence-electron chi connectivity index (χ1n) is 15.1. The first-order chi connectivity index (χ1) is 16.5. The summed E-state index contributed by atoms with van der Waals surface area (Å²) in [6.45, 7) is 20.4. The van der Waals surface area contributed by atoms with E-state index in [1.165, 1.54) is 44.9 Å². The number of rotatable bonds is 3. The number of carbonyl (C=O) groups excluding carboxylic acids is 1. The van der Waals surface area contributed by atoms with E-state index in [1.807, 2.05) is 13.8 Å². The third-order valence-corrected chi connectivity index (χ3v) is 13.5. The SMILES string of the molecule is CC(=O)O[C@@H]1CC[C@]2(C)[C@H]3CC[C@@H]4[C@H]([C@@]5(C)CC[C@H](C(C)(C)O)O5)CC[C@@]4(C)[C@]3(C)CC[C@H]2C1(C)C. The Hall–Kier alpha value is -0.610. The molecule has 36 heavy (non-hydrogen) atoms. The second kappa shape index (κ2) is 8.20. The highest BCUT2D eigenvalue weighted by Gasteiger charge is 2.70. The topological polar surface area (TPSA) is 55.8 Å². The molecule has 5 rings (SSSR count). The summed E-state index contributed by atoms with van der Waals surface area (Å²) in [7, 11) is 0. The highest BCUT2D eigenvalue weighted by atomic mass is 16.5. The monoisotopic (exact) mass is 502 g/mol. The number of fused-ring (bicyclic) bond motifs is 5. The van der Waals surface area contributed by atoms with E-state index in [4.69, 9.17) is 9.47 Å². The van der Waals surface area contributed by atoms with Gasteiger partial charge >= 0.3 is 5.97 Å². The maximum atomic E-state index is 11.9. The Morgan fingerprint density at radius 1 is 0.806 bits per heavy atom. The number of aliphatic hydroxyl groups is 1. The number of hydrogen-bond donors (Lipinski definition) is 1. The van der Waals surface area contributed by atoms with Gasteiger partial charge in [0.15, 0.2) is 0 Å². The van der Waals surface area contributed by atoms with Crippen molar-refractivity contribution in [2.24, 2.45) is 45.3 Å². The lowest BCUT2D eigenvalue weighted by Crippen LogP contribution is -2.64. The minimum absolute atomic E-state index is 0.0211. The van der Waals surface area contributed by atoms with Crippen LogP contribution in [-0.4, -0.2) is 34.5 Å². The van der Waals surface area contributed by atoms with Gasteiger partial charge in [0.05, 0.1) is 17.3 Å². The number of carbonyl (C=O) groups is 1. The van der Waals surface area contributed by atoms with E-state index in [9.17, 15) is 9.90 Å². The predicted molar refractivity (Wildman–Crippen MR) is 143 cm³/mol. The predicted octanol–water partition coefficient (Wildman–Crippen LogP) is 7.31. The van der Waals surface area contributed by atoms with Gasteiger partial charge in [0.25, 0.3) is 0 Å². The zero-order chi connectivity index (χ0) is 26.5. The van der Waals surface area contributed by atoms with Crippen molar-refractivity contribution in [3.05, 3.63) is 0 Å². The number of ether oxygens (including phenoxy) is 2. The first kappa shape index (κ1) is 27.0. The minimum atomic E-state index is -0.770. The van der Waals surface area contributed by atoms with Gasteiger partial charge in [-0.3, -0.25) is 4.79 Å². The molecule has 4 heteroatoms. The van der Waals surface area contributed by atoms with Crippen LogP contribution in [0.1, 0.15) is 127 Å². The van der Waals surface area contributed by atoms with Crippen LogP contribution in [0.25, 0.3) is 0 Å². The maximum Gasteiger partial charge on any atom is 0.302 e. The van der Waals surface area contributed by atoms with Gasteiger partial charge in [0, 0.05) is 12.3 Å². The van der Waals surface area contributed by atoms with Crippen LogP contribution in [0.4, 0.5) is 0 Å². The van der Waals surface area contributed by atoms with E-state index in [1.54, 1.807) is 6.92 Å². The zero-order valence-electron chi connectivity index (χ0n) is 24.7. The molecule has 1 aliphatic heterocycles. The second-order valence-corrected chi connectivity index (χ2v) is 15.9. The van der Waals surface area contributed by atoms with Crippen LogP contribution in [0, 0.1) is 45.3 Å². The van der Waals surface area contributed by atoms with Crippen molar-refractivity contribution < 1.29 is 19.4 Å². The third-order valence-electron chi connectivity index (χ3n) is 13.5. The van der Waals surface area contributed by atoms with Crippen LogP contribution in [0.5, 0.6) is 0 Å². The molecular weight excluding hydrogens is 448 g/mol. The van der Waals surface area contributed by atoms with Gasteiger partial charge in [-0.05, 0) is 125 Å². The van der Waals surface area contributed by atoms with Crippen molar-refractivity contribution in [2.75, 3.05) is 0 Å². The Morgan fingerprint density at radius 2 is 1.47 bits per heavy atom. The smallest absolute Gasteiger partial charge is 0.302 e. The van der Waals surface area contributed by atoms with Gasteiger partial charge in [0.2, 0.25) is 0 Å². The largest absolute Gasteiger partial charge is 0.462 e. The van der Waals surface area contributed by atoms with E-state index < -0.39 is 5.60 Å². The van der Waals surface area contributed by atoms with Crippen LogP contribution in [0.3, 0.4) is 0 Å². The highest BCUT2D eigenvalue weighted by molar-refractivity contribution is 5.66. The molecule has 0 bridgehead atoms. The Bertz CT molecular complexity index is 889. The van der Waals surface area contributed by atoms with Crippen LogP contribution in [-0.2, 0) is 14.3 Å². The van der Waals surface area contributed by atoms with Crippen LogP contribution in [0.15, 0.2) is 0 Å². The van der Waals surface area contributed by atoms with Crippen molar-refractivity contribution in [1.82, 2.24) is 0 Å². The highest BCUT2D eigenvalue weighted by Crippen LogP contribution is 2.76. The molecule has 1 N–H and O–H groups in total. The molecule has 1 saturated heterocycles. The van der Waals surface area contributed by atoms with Gasteiger partial charge < -0.3 is 14.6 Å². The molecule has 4 aliphatic carbocycles. The molecule has 206 valence electrons. The van der Waals surface area contributed by atoms with Crippen LogP contribution in [0.2, 0.25) is 0 Å². The van der Waals surface area contributed by atoms with Gasteiger partial charge in [-0.25, -0.2) is 0 Å². The number of esters is 1. The molecule has 5 aliphatic rings. The summed E-state index contributed by atoms with van der Waals surface area (Å²) in [5.74, 6) is 2.49. The van der Waals surface area contributed by atoms with Crippen molar-refractivity contribution in [3.8, 4) is 0 Å². The van der Waals surface area contributed by atoms with Crippen LogP contribution >= 0.6 is 0 Å². The van der Waals surface area contributed by atoms with Crippen molar-refractivity contribution >= 4 is 5.97 Å². The molecule has 0 spiro atoms. The molecule has 0 aromatic rings. The molecule has 0 aromatic carbocycles. The average Bonchev–Trinajstić information content (AvgIpc) is 3.32. The molecule has 4 nitrogen and oxygen atoms in total. The Balaban J connectivity index is 1.42. The van der Waals surface area contributed by atoms with E-state index in [-0.39, 0.29) is 29.2 Å². The summed E-state index contributed by atoms with van der Waals surface area (Å²) >= 11 is 0. The lowest BCUT2D eigenvalue weighted by Gasteiger charge is -2.70. The summed E-state index contributed by atoms with van der Waals surface area (Å²) in [4.78, 5) is 11.9. The van der Waals surface area contributed by atoms with E-state index in [0.29, 0.717) is 34.0 Å². The number of hydrogen-bond acceptors (Lipinski definition) is 4. The molecular formula is C32H54O4. The van der Waals surface area contributed by atoms with Gasteiger partial charge in [-0.15, -0.1) is 0 Å². The summed E-state index contributed by atoms with van der Waals surface area (Å²) in [5, 5.41) is 10.7. The van der Waals surface area contributed by atoms with Gasteiger partial charge in [-0.2, -0.15) is 0 Å². The van der Waals surface area contributed by atoms with Gasteiger partial charge in [0.1, 0.15) is 6.10 Å². The normalized spacial score (nSPS) is 52.3. The van der Waals surface area contributed by atoms with Crippen molar-refractivity contribution in [2.45, 2.75) is 150 Å². The Labute approximate surface area is 220 Å². The van der Waals surface area contributed by atoms with Gasteiger partial charge in [-0.1, -0.05) is 34.6 Å². The Morgan fingerprint density at radius 3 is 2.08 bits per heavy atom. The molecule has 0 radical (unpaired) electrons. The van der Waals surface area contributed by atoms with Crippen molar-refractivity contribution in [3.63, 3.8) is 0 Å². The Kier molecular flexibility index (Phi) is 6.14. The summed E-state index contributed by atoms with van der Waals surface area (Å²) in [5.41, 5.74) is 0.122. The second-order valence-electron chi connectivity index (χ2n) is 15.9. The molecule has 4 saturated carbocycles. The van der Waals surface area contributed by atoms with E-state index in [0.717, 1.165) is 25.2 Å². The minimum Gasteiger partial charge on any atom is -0.462 e. The fourth-order valence-corrected chi connectivity index (χ4v) is 11.5. The molecule has 1 heterocycles. The van der Waals surface area contributed by atoms with Crippen LogP contribution < -0.4 is 0 Å². The molecule has 0 amide bonds. The molecule has 5 fully saturated rings. The molecule has 0 aromatic heterocycles. The van der Waals surface area contributed by atoms with E-state index >= 15 is 0 Å². The van der Waals surface area contributed by atoms with Crippen molar-refractivity contribution in [1.29, 1.82) is 0 Å². The average molecular weight is 503 g/mol. The maximum absolute atomic E-state index is 11.9. The summed E-state index contributed by atoms with van der Waals surface area (Å²) in [6, 6.07) is 0. The summed E-state index contributed by atoms with van der Waals surface area (Å²) in [6.07, 6.45) is 11.9. The quantitative estimate of drug-likeness (QED) is 0.411. The summed E-state index contributed by atoms with van der Waals surface area (Å²) < 4.78 is 12.6.